The zero-order valence-electron chi connectivity index (χ0n) is 13.7. The molecule has 0 radical (unpaired) electrons. The fourth-order valence-corrected chi connectivity index (χ4v) is 3.46. The number of hydrogen-bond acceptors (Lipinski definition) is 4. The van der Waals surface area contributed by atoms with E-state index in [9.17, 15) is 9.59 Å². The highest BCUT2D eigenvalue weighted by Crippen LogP contribution is 2.22. The van der Waals surface area contributed by atoms with E-state index in [1.165, 1.54) is 5.56 Å². The Balaban J connectivity index is 2.08. The average molecular weight is 367 g/mol. The van der Waals surface area contributed by atoms with Gasteiger partial charge in [0.25, 0.3) is 0 Å². The van der Waals surface area contributed by atoms with E-state index in [1.54, 1.807) is 0 Å². The topological polar surface area (TPSA) is 58.2 Å². The molecule has 0 amide bonds. The van der Waals surface area contributed by atoms with Gasteiger partial charge < -0.3 is 10.6 Å². The SMILES string of the molecule is Cc1cc(Br)cc(C)c1CNC1C(=O)C(=O)C1NC(C)(C)C. The molecule has 0 aliphatic heterocycles. The largest absolute Gasteiger partial charge is 0.301 e. The number of halogens is 1. The molecule has 1 aromatic rings. The van der Waals surface area contributed by atoms with E-state index < -0.39 is 12.1 Å². The standard InChI is InChI=1S/C17H23BrN2O2/c1-9-6-11(18)7-10(2)12(9)8-19-13-14(16(22)15(13)21)20-17(3,4)5/h6-7,13-14,19-20H,8H2,1-5H3. The molecule has 22 heavy (non-hydrogen) atoms. The Kier molecular flexibility index (Phi) is 4.90. The lowest BCUT2D eigenvalue weighted by molar-refractivity contribution is -0.147. The Hall–Kier alpha value is -1.04. The van der Waals surface area contributed by atoms with Crippen LogP contribution in [0.4, 0.5) is 0 Å². The van der Waals surface area contributed by atoms with E-state index >= 15 is 0 Å². The maximum atomic E-state index is 11.8. The summed E-state index contributed by atoms with van der Waals surface area (Å²) in [4.78, 5) is 23.6. The molecule has 1 fully saturated rings. The van der Waals surface area contributed by atoms with E-state index in [0.29, 0.717) is 6.54 Å². The van der Waals surface area contributed by atoms with Gasteiger partial charge in [0.15, 0.2) is 0 Å². The van der Waals surface area contributed by atoms with Crippen LogP contribution in [-0.2, 0) is 16.1 Å². The average Bonchev–Trinajstić information content (AvgIpc) is 2.38. The zero-order valence-corrected chi connectivity index (χ0v) is 15.3. The molecule has 120 valence electrons. The maximum Gasteiger partial charge on any atom is 0.219 e. The molecule has 2 atom stereocenters. The van der Waals surface area contributed by atoms with Crippen LogP contribution in [0, 0.1) is 13.8 Å². The van der Waals surface area contributed by atoms with Crippen molar-refractivity contribution in [3.05, 3.63) is 33.3 Å². The van der Waals surface area contributed by atoms with Crippen molar-refractivity contribution in [3.8, 4) is 0 Å². The molecule has 4 nitrogen and oxygen atoms in total. The third-order valence-electron chi connectivity index (χ3n) is 3.89. The molecule has 0 heterocycles. The molecule has 2 rings (SSSR count). The van der Waals surface area contributed by atoms with E-state index in [2.05, 4.69) is 38.7 Å². The fraction of sp³-hybridized carbons (Fsp3) is 0.529. The summed E-state index contributed by atoms with van der Waals surface area (Å²) in [7, 11) is 0. The van der Waals surface area contributed by atoms with Crippen LogP contribution in [0.25, 0.3) is 0 Å². The monoisotopic (exact) mass is 366 g/mol. The van der Waals surface area contributed by atoms with Gasteiger partial charge in [-0.3, -0.25) is 9.59 Å². The fourth-order valence-electron chi connectivity index (χ4n) is 2.77. The first-order chi connectivity index (χ1) is 10.1. The number of carbonyl (C=O) groups is 2. The summed E-state index contributed by atoms with van der Waals surface area (Å²) in [5.41, 5.74) is 3.30. The molecule has 2 unspecified atom stereocenters. The van der Waals surface area contributed by atoms with Crippen molar-refractivity contribution < 1.29 is 9.59 Å². The van der Waals surface area contributed by atoms with E-state index in [0.717, 1.165) is 15.6 Å². The molecule has 0 bridgehead atoms. The predicted molar refractivity (Wildman–Crippen MR) is 90.9 cm³/mol. The Morgan fingerprint density at radius 2 is 1.55 bits per heavy atom. The first-order valence-corrected chi connectivity index (χ1v) is 8.24. The number of ketones is 2. The van der Waals surface area contributed by atoms with Crippen molar-refractivity contribution in [2.24, 2.45) is 0 Å². The lowest BCUT2D eigenvalue weighted by Gasteiger charge is -2.39. The minimum Gasteiger partial charge on any atom is -0.301 e. The quantitative estimate of drug-likeness (QED) is 0.803. The van der Waals surface area contributed by atoms with Gasteiger partial charge in [-0.15, -0.1) is 0 Å². The van der Waals surface area contributed by atoms with Crippen LogP contribution in [0.3, 0.4) is 0 Å². The van der Waals surface area contributed by atoms with Crippen molar-refractivity contribution in [1.82, 2.24) is 10.6 Å². The summed E-state index contributed by atoms with van der Waals surface area (Å²) >= 11 is 3.48. The van der Waals surface area contributed by atoms with E-state index in [-0.39, 0.29) is 17.1 Å². The molecule has 1 aromatic carbocycles. The van der Waals surface area contributed by atoms with Gasteiger partial charge in [0.05, 0.1) is 12.1 Å². The minimum atomic E-state index is -0.436. The molecule has 1 aliphatic rings. The Labute approximate surface area is 140 Å². The Morgan fingerprint density at radius 3 is 2.05 bits per heavy atom. The molecule has 1 aliphatic carbocycles. The molecular weight excluding hydrogens is 344 g/mol. The van der Waals surface area contributed by atoms with Crippen molar-refractivity contribution in [2.45, 2.75) is 58.8 Å². The third-order valence-corrected chi connectivity index (χ3v) is 4.35. The molecule has 2 N–H and O–H groups in total. The second-order valence-electron chi connectivity index (χ2n) is 6.98. The van der Waals surface area contributed by atoms with Crippen molar-refractivity contribution in [1.29, 1.82) is 0 Å². The summed E-state index contributed by atoms with van der Waals surface area (Å²) < 4.78 is 1.05. The van der Waals surface area contributed by atoms with Crippen molar-refractivity contribution >= 4 is 27.5 Å². The van der Waals surface area contributed by atoms with Gasteiger partial charge in [-0.25, -0.2) is 0 Å². The van der Waals surface area contributed by atoms with Crippen LogP contribution in [-0.4, -0.2) is 29.2 Å². The number of aryl methyl sites for hydroxylation is 2. The van der Waals surface area contributed by atoms with Gasteiger partial charge in [-0.2, -0.15) is 0 Å². The van der Waals surface area contributed by atoms with Gasteiger partial charge in [0.2, 0.25) is 11.6 Å². The van der Waals surface area contributed by atoms with Gasteiger partial charge in [0, 0.05) is 16.6 Å². The zero-order chi connectivity index (χ0) is 16.7. The van der Waals surface area contributed by atoms with Crippen LogP contribution in [0.1, 0.15) is 37.5 Å². The number of nitrogens with one attached hydrogen (secondary N) is 2. The molecule has 0 spiro atoms. The Bertz CT molecular complexity index is 597. The normalized spacial score (nSPS) is 21.9. The van der Waals surface area contributed by atoms with Crippen LogP contribution in [0.2, 0.25) is 0 Å². The van der Waals surface area contributed by atoms with Crippen LogP contribution in [0.15, 0.2) is 16.6 Å². The summed E-state index contributed by atoms with van der Waals surface area (Å²) in [6.07, 6.45) is 0. The molecule has 1 saturated carbocycles. The van der Waals surface area contributed by atoms with Gasteiger partial charge in [0.1, 0.15) is 0 Å². The third kappa shape index (κ3) is 3.65. The van der Waals surface area contributed by atoms with Crippen LogP contribution < -0.4 is 10.6 Å². The molecule has 0 aromatic heterocycles. The number of rotatable bonds is 4. The van der Waals surface area contributed by atoms with Crippen LogP contribution >= 0.6 is 15.9 Å². The number of hydrogen-bond donors (Lipinski definition) is 2. The lowest BCUT2D eigenvalue weighted by atomic mass is 9.81. The molecule has 0 saturated heterocycles. The number of Topliss-reactive ketones (excluding diaryl/α,β-unsaturated/α-hetero) is 2. The molecular formula is C17H23BrN2O2. The first kappa shape index (κ1) is 17.3. The van der Waals surface area contributed by atoms with Crippen molar-refractivity contribution in [3.63, 3.8) is 0 Å². The summed E-state index contributed by atoms with van der Waals surface area (Å²) in [6, 6.07) is 3.25. The highest BCUT2D eigenvalue weighted by atomic mass is 79.9. The highest BCUT2D eigenvalue weighted by molar-refractivity contribution is 9.10. The lowest BCUT2D eigenvalue weighted by Crippen LogP contribution is -2.71. The maximum absolute atomic E-state index is 11.8. The molecule has 5 heteroatoms. The van der Waals surface area contributed by atoms with Crippen molar-refractivity contribution in [2.75, 3.05) is 0 Å². The Morgan fingerprint density at radius 1 is 1.05 bits per heavy atom. The van der Waals surface area contributed by atoms with Crippen LogP contribution in [0.5, 0.6) is 0 Å². The number of carbonyl (C=O) groups excluding carboxylic acids is 2. The highest BCUT2D eigenvalue weighted by Gasteiger charge is 2.49. The summed E-state index contributed by atoms with van der Waals surface area (Å²) in [5, 5.41) is 6.46. The van der Waals surface area contributed by atoms with Gasteiger partial charge in [-0.1, -0.05) is 15.9 Å². The first-order valence-electron chi connectivity index (χ1n) is 7.45. The predicted octanol–water partition coefficient (Wildman–Crippen LogP) is 2.43. The second kappa shape index (κ2) is 6.22. The van der Waals surface area contributed by atoms with E-state index in [1.807, 2.05) is 34.6 Å². The smallest absolute Gasteiger partial charge is 0.219 e. The summed E-state index contributed by atoms with van der Waals surface area (Å²) in [5.74, 6) is -0.647. The van der Waals surface area contributed by atoms with Gasteiger partial charge in [-0.05, 0) is 63.4 Å². The van der Waals surface area contributed by atoms with Gasteiger partial charge >= 0.3 is 0 Å². The summed E-state index contributed by atoms with van der Waals surface area (Å²) in [6.45, 7) is 10.6. The number of benzene rings is 1. The van der Waals surface area contributed by atoms with E-state index in [4.69, 9.17) is 0 Å². The second-order valence-corrected chi connectivity index (χ2v) is 7.89. The minimum absolute atomic E-state index is 0.204.